The van der Waals surface area contributed by atoms with Crippen LogP contribution >= 0.6 is 11.6 Å². The van der Waals surface area contributed by atoms with Gasteiger partial charge in [0.2, 0.25) is 11.8 Å². The number of carbonyl (C=O) groups is 2. The monoisotopic (exact) mass is 288 g/mol. The molecule has 1 aliphatic rings. The Morgan fingerprint density at radius 1 is 0.895 bits per heavy atom. The van der Waals surface area contributed by atoms with Crippen LogP contribution in [0.25, 0.3) is 0 Å². The van der Waals surface area contributed by atoms with Crippen LogP contribution in [0, 0.1) is 10.8 Å². The van der Waals surface area contributed by atoms with E-state index >= 15 is 0 Å². The van der Waals surface area contributed by atoms with Crippen LogP contribution in [0.5, 0.6) is 0 Å². The van der Waals surface area contributed by atoms with E-state index in [9.17, 15) is 9.59 Å². The second-order valence-corrected chi connectivity index (χ2v) is 7.12. The van der Waals surface area contributed by atoms with Crippen molar-refractivity contribution in [1.29, 1.82) is 0 Å². The lowest BCUT2D eigenvalue weighted by molar-refractivity contribution is -0.148. The molecule has 5 heteroatoms. The van der Waals surface area contributed by atoms with E-state index in [-0.39, 0.29) is 17.2 Å². The summed E-state index contributed by atoms with van der Waals surface area (Å²) in [5.41, 5.74) is -0.890. The van der Waals surface area contributed by atoms with E-state index < -0.39 is 5.41 Å². The van der Waals surface area contributed by atoms with Gasteiger partial charge in [-0.15, -0.1) is 11.6 Å². The molecular formula is C14H25ClN2O2. The molecule has 0 radical (unpaired) electrons. The second-order valence-electron chi connectivity index (χ2n) is 6.85. The highest BCUT2D eigenvalue weighted by molar-refractivity contribution is 6.19. The number of hydrogen-bond donors (Lipinski definition) is 0. The van der Waals surface area contributed by atoms with Crippen LogP contribution in [0.2, 0.25) is 0 Å². The maximum absolute atomic E-state index is 12.3. The molecule has 0 N–H and O–H groups in total. The van der Waals surface area contributed by atoms with Gasteiger partial charge in [0.15, 0.2) is 0 Å². The highest BCUT2D eigenvalue weighted by Crippen LogP contribution is 2.23. The van der Waals surface area contributed by atoms with Crippen molar-refractivity contribution in [2.24, 2.45) is 10.8 Å². The van der Waals surface area contributed by atoms with E-state index in [1.807, 2.05) is 44.4 Å². The summed E-state index contributed by atoms with van der Waals surface area (Å²) in [5.74, 6) is 0.536. The van der Waals surface area contributed by atoms with Crippen molar-refractivity contribution in [2.45, 2.75) is 34.6 Å². The van der Waals surface area contributed by atoms with E-state index in [0.29, 0.717) is 32.1 Å². The van der Waals surface area contributed by atoms with Gasteiger partial charge in [-0.25, -0.2) is 0 Å². The Morgan fingerprint density at radius 2 is 1.26 bits per heavy atom. The third kappa shape index (κ3) is 3.85. The Balaban J connectivity index is 2.59. The van der Waals surface area contributed by atoms with Crippen LogP contribution < -0.4 is 0 Å². The molecule has 1 heterocycles. The maximum Gasteiger partial charge on any atom is 0.229 e. The zero-order chi connectivity index (χ0) is 14.8. The predicted molar refractivity (Wildman–Crippen MR) is 77.1 cm³/mol. The minimum atomic E-state index is -0.530. The SMILES string of the molecule is CC(C)(C)C(=O)N1CCN(C(=O)C(C)(C)CCl)CC1. The van der Waals surface area contributed by atoms with Crippen molar-refractivity contribution in [1.82, 2.24) is 9.80 Å². The first-order chi connectivity index (χ1) is 8.59. The van der Waals surface area contributed by atoms with Crippen LogP contribution in [0.15, 0.2) is 0 Å². The zero-order valence-electron chi connectivity index (χ0n) is 12.6. The standard InChI is InChI=1S/C14H25ClN2O2/c1-13(2,3)11(18)16-6-8-17(9-7-16)12(19)14(4,5)10-15/h6-10H2,1-5H3. The molecule has 0 aromatic heterocycles. The number of carbonyl (C=O) groups excluding carboxylic acids is 2. The summed E-state index contributed by atoms with van der Waals surface area (Å²) in [7, 11) is 0. The van der Waals surface area contributed by atoms with Crippen molar-refractivity contribution in [2.75, 3.05) is 32.1 Å². The van der Waals surface area contributed by atoms with E-state index in [4.69, 9.17) is 11.6 Å². The molecule has 1 saturated heterocycles. The van der Waals surface area contributed by atoms with Crippen molar-refractivity contribution >= 4 is 23.4 Å². The largest absolute Gasteiger partial charge is 0.339 e. The highest BCUT2D eigenvalue weighted by atomic mass is 35.5. The van der Waals surface area contributed by atoms with Gasteiger partial charge in [0.25, 0.3) is 0 Å². The zero-order valence-corrected chi connectivity index (χ0v) is 13.4. The van der Waals surface area contributed by atoms with Crippen LogP contribution in [-0.4, -0.2) is 53.7 Å². The topological polar surface area (TPSA) is 40.6 Å². The van der Waals surface area contributed by atoms with Crippen LogP contribution in [0.4, 0.5) is 0 Å². The molecule has 19 heavy (non-hydrogen) atoms. The minimum absolute atomic E-state index is 0.0744. The van der Waals surface area contributed by atoms with E-state index in [1.54, 1.807) is 0 Å². The average molecular weight is 289 g/mol. The van der Waals surface area contributed by atoms with Gasteiger partial charge in [-0.3, -0.25) is 9.59 Å². The molecule has 0 aromatic carbocycles. The molecule has 110 valence electrons. The average Bonchev–Trinajstić information content (AvgIpc) is 2.36. The smallest absolute Gasteiger partial charge is 0.229 e. The first-order valence-electron chi connectivity index (χ1n) is 6.74. The van der Waals surface area contributed by atoms with Gasteiger partial charge >= 0.3 is 0 Å². The molecule has 1 fully saturated rings. The summed E-state index contributed by atoms with van der Waals surface area (Å²) in [6.07, 6.45) is 0. The van der Waals surface area contributed by atoms with Crippen LogP contribution in [0.1, 0.15) is 34.6 Å². The molecule has 0 aromatic rings. The Morgan fingerprint density at radius 3 is 1.58 bits per heavy atom. The molecule has 4 nitrogen and oxygen atoms in total. The molecule has 1 aliphatic heterocycles. The molecule has 0 bridgehead atoms. The molecule has 2 amide bonds. The summed E-state index contributed by atoms with van der Waals surface area (Å²) >= 11 is 5.83. The molecule has 0 spiro atoms. The fraction of sp³-hybridized carbons (Fsp3) is 0.857. The fourth-order valence-electron chi connectivity index (χ4n) is 2.07. The van der Waals surface area contributed by atoms with Gasteiger partial charge in [-0.2, -0.15) is 0 Å². The van der Waals surface area contributed by atoms with Gasteiger partial charge in [-0.05, 0) is 13.8 Å². The normalized spacial score (nSPS) is 17.6. The lowest BCUT2D eigenvalue weighted by Crippen LogP contribution is -2.55. The number of piperazine rings is 1. The van der Waals surface area contributed by atoms with Gasteiger partial charge < -0.3 is 9.80 Å². The number of halogens is 1. The molecule has 0 atom stereocenters. The second kappa shape index (κ2) is 5.70. The Bertz CT molecular complexity index is 353. The number of nitrogens with zero attached hydrogens (tertiary/aromatic N) is 2. The van der Waals surface area contributed by atoms with E-state index in [0.717, 1.165) is 0 Å². The van der Waals surface area contributed by atoms with Crippen molar-refractivity contribution in [3.8, 4) is 0 Å². The summed E-state index contributed by atoms with van der Waals surface area (Å²) < 4.78 is 0. The quantitative estimate of drug-likeness (QED) is 0.729. The predicted octanol–water partition coefficient (Wildman–Crippen LogP) is 1.97. The van der Waals surface area contributed by atoms with Gasteiger partial charge in [0, 0.05) is 37.5 Å². The lowest BCUT2D eigenvalue weighted by Gasteiger charge is -2.40. The van der Waals surface area contributed by atoms with Crippen molar-refractivity contribution in [3.05, 3.63) is 0 Å². The molecule has 1 rings (SSSR count). The van der Waals surface area contributed by atoms with Gasteiger partial charge in [-0.1, -0.05) is 20.8 Å². The van der Waals surface area contributed by atoms with Gasteiger partial charge in [0.1, 0.15) is 0 Å². The first-order valence-corrected chi connectivity index (χ1v) is 7.28. The maximum atomic E-state index is 12.3. The Hall–Kier alpha value is -0.770. The summed E-state index contributed by atoms with van der Waals surface area (Å²) in [5, 5.41) is 0. The third-order valence-corrected chi connectivity index (χ3v) is 4.08. The molecule has 0 aliphatic carbocycles. The third-order valence-electron chi connectivity index (χ3n) is 3.41. The van der Waals surface area contributed by atoms with Gasteiger partial charge in [0.05, 0.1) is 5.41 Å². The van der Waals surface area contributed by atoms with Crippen molar-refractivity contribution in [3.63, 3.8) is 0 Å². The minimum Gasteiger partial charge on any atom is -0.339 e. The number of hydrogen-bond acceptors (Lipinski definition) is 2. The first kappa shape index (κ1) is 16.3. The lowest BCUT2D eigenvalue weighted by atomic mass is 9.93. The Kier molecular flexibility index (Phi) is 4.88. The van der Waals surface area contributed by atoms with Crippen LogP contribution in [-0.2, 0) is 9.59 Å². The summed E-state index contributed by atoms with van der Waals surface area (Å²) in [6, 6.07) is 0. The molecule has 0 unspecified atom stereocenters. The van der Waals surface area contributed by atoms with Crippen LogP contribution in [0.3, 0.4) is 0 Å². The van der Waals surface area contributed by atoms with E-state index in [2.05, 4.69) is 0 Å². The number of alkyl halides is 1. The fourth-order valence-corrected chi connectivity index (χ4v) is 2.19. The van der Waals surface area contributed by atoms with Crippen molar-refractivity contribution < 1.29 is 9.59 Å². The Labute approximate surface area is 121 Å². The summed E-state index contributed by atoms with van der Waals surface area (Å²) in [6.45, 7) is 11.9. The molecule has 0 saturated carbocycles. The highest BCUT2D eigenvalue weighted by Gasteiger charge is 2.35. The number of rotatable bonds is 2. The number of amides is 2. The molecular weight excluding hydrogens is 264 g/mol. The van der Waals surface area contributed by atoms with E-state index in [1.165, 1.54) is 0 Å². The summed E-state index contributed by atoms with van der Waals surface area (Å²) in [4.78, 5) is 28.1.